The van der Waals surface area contributed by atoms with Crippen molar-refractivity contribution in [3.63, 3.8) is 0 Å². The maximum absolute atomic E-state index is 11.4. The number of carbonyl (C=O) groups excluding carboxylic acids is 1. The van der Waals surface area contributed by atoms with E-state index in [-0.39, 0.29) is 18.7 Å². The van der Waals surface area contributed by atoms with Gasteiger partial charge in [0, 0.05) is 12.4 Å². The van der Waals surface area contributed by atoms with E-state index in [1.807, 2.05) is 0 Å². The molecule has 1 rings (SSSR count). The van der Waals surface area contributed by atoms with E-state index in [1.165, 1.54) is 13.3 Å². The van der Waals surface area contributed by atoms with Crippen molar-refractivity contribution in [2.45, 2.75) is 13.0 Å². The van der Waals surface area contributed by atoms with E-state index < -0.39 is 16.0 Å². The van der Waals surface area contributed by atoms with E-state index >= 15 is 0 Å². The first kappa shape index (κ1) is 12.7. The summed E-state index contributed by atoms with van der Waals surface area (Å²) < 4.78 is 29.4. The van der Waals surface area contributed by atoms with Crippen LogP contribution in [0.15, 0.2) is 12.4 Å². The lowest BCUT2D eigenvalue weighted by Gasteiger charge is -2.04. The number of ether oxygens (including phenoxy) is 1. The molecule has 0 aromatic carbocycles. The average Bonchev–Trinajstić information content (AvgIpc) is 2.76. The topological polar surface area (TPSA) is 101 Å². The predicted octanol–water partition coefficient (Wildman–Crippen LogP) is -0.608. The van der Waals surface area contributed by atoms with Crippen molar-refractivity contribution in [3.8, 4) is 0 Å². The minimum absolute atomic E-state index is 0.0799. The fourth-order valence-corrected chi connectivity index (χ4v) is 1.90. The number of sulfonamides is 1. The number of aromatic amines is 1. The molecule has 0 aliphatic heterocycles. The summed E-state index contributed by atoms with van der Waals surface area (Å²) >= 11 is 0. The molecule has 0 aliphatic rings. The highest BCUT2D eigenvalue weighted by Gasteiger charge is 2.13. The van der Waals surface area contributed by atoms with Crippen LogP contribution in [0.1, 0.15) is 12.2 Å². The molecule has 0 bridgehead atoms. The van der Waals surface area contributed by atoms with Crippen LogP contribution in [0, 0.1) is 0 Å². The Morgan fingerprint density at radius 3 is 2.94 bits per heavy atom. The highest BCUT2D eigenvalue weighted by Crippen LogP contribution is 1.94. The van der Waals surface area contributed by atoms with E-state index in [2.05, 4.69) is 19.4 Å². The maximum Gasteiger partial charge on any atom is 0.306 e. The van der Waals surface area contributed by atoms with E-state index in [1.54, 1.807) is 6.20 Å². The normalized spacial score (nSPS) is 11.3. The van der Waals surface area contributed by atoms with Gasteiger partial charge in [-0.3, -0.25) is 4.79 Å². The number of H-pyrrole nitrogens is 1. The summed E-state index contributed by atoms with van der Waals surface area (Å²) in [5.41, 5.74) is 0. The van der Waals surface area contributed by atoms with Crippen molar-refractivity contribution < 1.29 is 17.9 Å². The van der Waals surface area contributed by atoms with Gasteiger partial charge < -0.3 is 9.72 Å². The number of rotatable bonds is 6. The summed E-state index contributed by atoms with van der Waals surface area (Å²) in [6.07, 6.45) is 2.96. The van der Waals surface area contributed by atoms with Gasteiger partial charge in [-0.15, -0.1) is 0 Å². The SMILES string of the molecule is COC(=O)CCS(=O)(=O)NCc1ncc[nH]1. The Kier molecular flexibility index (Phi) is 4.44. The quantitative estimate of drug-likeness (QED) is 0.653. The molecule has 90 valence electrons. The second-order valence-electron chi connectivity index (χ2n) is 3.00. The Morgan fingerprint density at radius 2 is 2.38 bits per heavy atom. The first-order valence-corrected chi connectivity index (χ1v) is 6.21. The molecule has 1 aromatic heterocycles. The molecule has 0 fully saturated rings. The molecule has 1 aromatic rings. The summed E-state index contributed by atoms with van der Waals surface area (Å²) in [6, 6.07) is 0. The fraction of sp³-hybridized carbons (Fsp3) is 0.500. The minimum Gasteiger partial charge on any atom is -0.469 e. The number of aromatic nitrogens is 2. The smallest absolute Gasteiger partial charge is 0.306 e. The third-order valence-corrected chi connectivity index (χ3v) is 3.14. The Morgan fingerprint density at radius 1 is 1.62 bits per heavy atom. The highest BCUT2D eigenvalue weighted by molar-refractivity contribution is 7.89. The van der Waals surface area contributed by atoms with Crippen LogP contribution in [0.5, 0.6) is 0 Å². The number of methoxy groups -OCH3 is 1. The van der Waals surface area contributed by atoms with Crippen molar-refractivity contribution in [2.24, 2.45) is 0 Å². The molecule has 0 atom stereocenters. The molecule has 0 spiro atoms. The first-order valence-electron chi connectivity index (χ1n) is 4.56. The van der Waals surface area contributed by atoms with Crippen LogP contribution < -0.4 is 4.72 Å². The zero-order chi connectivity index (χ0) is 12.0. The van der Waals surface area contributed by atoms with Crippen LogP contribution in [0.2, 0.25) is 0 Å². The molecule has 0 amide bonds. The van der Waals surface area contributed by atoms with E-state index in [4.69, 9.17) is 0 Å². The Balaban J connectivity index is 2.37. The van der Waals surface area contributed by atoms with Gasteiger partial charge in [0.25, 0.3) is 0 Å². The molecule has 0 aliphatic carbocycles. The summed E-state index contributed by atoms with van der Waals surface area (Å²) in [4.78, 5) is 17.4. The lowest BCUT2D eigenvalue weighted by Crippen LogP contribution is -2.27. The van der Waals surface area contributed by atoms with Crippen LogP contribution in [-0.2, 0) is 26.1 Å². The Labute approximate surface area is 93.3 Å². The third kappa shape index (κ3) is 4.41. The monoisotopic (exact) mass is 247 g/mol. The molecular weight excluding hydrogens is 234 g/mol. The number of esters is 1. The van der Waals surface area contributed by atoms with Gasteiger partial charge in [-0.05, 0) is 0 Å². The number of imidazole rings is 1. The van der Waals surface area contributed by atoms with Crippen molar-refractivity contribution in [1.29, 1.82) is 0 Å². The van der Waals surface area contributed by atoms with Gasteiger partial charge in [0.05, 0.1) is 25.8 Å². The fourth-order valence-electron chi connectivity index (χ4n) is 0.965. The van der Waals surface area contributed by atoms with Gasteiger partial charge in [-0.25, -0.2) is 18.1 Å². The summed E-state index contributed by atoms with van der Waals surface area (Å²) in [5, 5.41) is 0. The molecule has 8 heteroatoms. The molecule has 0 saturated carbocycles. The minimum atomic E-state index is -3.47. The van der Waals surface area contributed by atoms with Crippen molar-refractivity contribution in [3.05, 3.63) is 18.2 Å². The van der Waals surface area contributed by atoms with Crippen molar-refractivity contribution in [2.75, 3.05) is 12.9 Å². The molecular formula is C8H13N3O4S. The number of hydrogen-bond acceptors (Lipinski definition) is 5. The Hall–Kier alpha value is -1.41. The van der Waals surface area contributed by atoms with Gasteiger partial charge >= 0.3 is 5.97 Å². The lowest BCUT2D eigenvalue weighted by atomic mass is 10.5. The number of carbonyl (C=O) groups is 1. The van der Waals surface area contributed by atoms with E-state index in [0.717, 1.165) is 0 Å². The van der Waals surface area contributed by atoms with Gasteiger partial charge in [-0.2, -0.15) is 0 Å². The van der Waals surface area contributed by atoms with Crippen LogP contribution in [0.4, 0.5) is 0 Å². The summed E-state index contributed by atoms with van der Waals surface area (Å²) in [6.45, 7) is 0.0799. The molecule has 16 heavy (non-hydrogen) atoms. The molecule has 2 N–H and O–H groups in total. The van der Waals surface area contributed by atoms with E-state index in [9.17, 15) is 13.2 Å². The van der Waals surface area contributed by atoms with Gasteiger partial charge in [-0.1, -0.05) is 0 Å². The molecule has 1 heterocycles. The number of nitrogens with one attached hydrogen (secondary N) is 2. The average molecular weight is 247 g/mol. The van der Waals surface area contributed by atoms with Crippen molar-refractivity contribution >= 4 is 16.0 Å². The second kappa shape index (κ2) is 5.61. The zero-order valence-corrected chi connectivity index (χ0v) is 9.58. The molecule has 0 radical (unpaired) electrons. The lowest BCUT2D eigenvalue weighted by molar-refractivity contribution is -0.140. The van der Waals surface area contributed by atoms with E-state index in [0.29, 0.717) is 5.82 Å². The predicted molar refractivity (Wildman–Crippen MR) is 55.8 cm³/mol. The highest BCUT2D eigenvalue weighted by atomic mass is 32.2. The Bertz CT molecular complexity index is 426. The molecule has 0 saturated heterocycles. The van der Waals surface area contributed by atoms with Crippen LogP contribution in [0.25, 0.3) is 0 Å². The maximum atomic E-state index is 11.4. The zero-order valence-electron chi connectivity index (χ0n) is 8.76. The van der Waals surface area contributed by atoms with Gasteiger partial charge in [0.15, 0.2) is 0 Å². The second-order valence-corrected chi connectivity index (χ2v) is 4.93. The summed E-state index contributed by atoms with van der Waals surface area (Å²) in [7, 11) is -2.26. The molecule has 7 nitrogen and oxygen atoms in total. The van der Waals surface area contributed by atoms with Crippen LogP contribution >= 0.6 is 0 Å². The number of nitrogens with zero attached hydrogens (tertiary/aromatic N) is 1. The standard InChI is InChI=1S/C8H13N3O4S/c1-15-8(12)2-5-16(13,14)11-6-7-9-3-4-10-7/h3-4,11H,2,5-6H2,1H3,(H,9,10). The van der Waals surface area contributed by atoms with Gasteiger partial charge in [0.2, 0.25) is 10.0 Å². The third-order valence-electron chi connectivity index (χ3n) is 1.82. The first-order chi connectivity index (χ1) is 7.53. The molecule has 0 unspecified atom stereocenters. The van der Waals surface area contributed by atoms with Crippen LogP contribution in [-0.4, -0.2) is 37.2 Å². The number of hydrogen-bond donors (Lipinski definition) is 2. The largest absolute Gasteiger partial charge is 0.469 e. The van der Waals surface area contributed by atoms with Gasteiger partial charge in [0.1, 0.15) is 5.82 Å². The summed E-state index contributed by atoms with van der Waals surface area (Å²) in [5.74, 6) is -0.328. The van der Waals surface area contributed by atoms with Crippen molar-refractivity contribution in [1.82, 2.24) is 14.7 Å². The van der Waals surface area contributed by atoms with Crippen LogP contribution in [0.3, 0.4) is 0 Å².